The summed E-state index contributed by atoms with van der Waals surface area (Å²) in [4.78, 5) is 25.2. The van der Waals surface area contributed by atoms with E-state index in [4.69, 9.17) is 10.5 Å². The minimum Gasteiger partial charge on any atom is -0.481 e. The monoisotopic (exact) mass is 312 g/mol. The van der Waals surface area contributed by atoms with E-state index in [9.17, 15) is 9.59 Å². The van der Waals surface area contributed by atoms with Gasteiger partial charge in [0.15, 0.2) is 11.9 Å². The highest BCUT2D eigenvalue weighted by atomic mass is 35.5. The number of ketones is 1. The Morgan fingerprint density at radius 1 is 1.43 bits per heavy atom. The van der Waals surface area contributed by atoms with Crippen LogP contribution in [0.4, 0.5) is 0 Å². The predicted molar refractivity (Wildman–Crippen MR) is 83.0 cm³/mol. The minimum absolute atomic E-state index is 0. The summed E-state index contributed by atoms with van der Waals surface area (Å²) < 4.78 is 5.63. The van der Waals surface area contributed by atoms with Crippen molar-refractivity contribution in [1.82, 2.24) is 4.90 Å². The fourth-order valence-corrected chi connectivity index (χ4v) is 2.29. The van der Waals surface area contributed by atoms with Crippen LogP contribution in [0.3, 0.4) is 0 Å². The van der Waals surface area contributed by atoms with Gasteiger partial charge in [0.25, 0.3) is 5.91 Å². The molecule has 2 atom stereocenters. The summed E-state index contributed by atoms with van der Waals surface area (Å²) in [5.41, 5.74) is 6.37. The van der Waals surface area contributed by atoms with E-state index in [2.05, 4.69) is 0 Å². The number of benzene rings is 1. The lowest BCUT2D eigenvalue weighted by Gasteiger charge is -2.21. The van der Waals surface area contributed by atoms with Gasteiger partial charge in [-0.1, -0.05) is 12.1 Å². The van der Waals surface area contributed by atoms with Gasteiger partial charge in [0.2, 0.25) is 0 Å². The van der Waals surface area contributed by atoms with Crippen molar-refractivity contribution in [3.8, 4) is 5.75 Å². The van der Waals surface area contributed by atoms with E-state index in [1.807, 2.05) is 0 Å². The van der Waals surface area contributed by atoms with Crippen LogP contribution in [0, 0.1) is 0 Å². The van der Waals surface area contributed by atoms with E-state index in [1.165, 1.54) is 6.92 Å². The lowest BCUT2D eigenvalue weighted by Crippen LogP contribution is -2.40. The predicted octanol–water partition coefficient (Wildman–Crippen LogP) is 1.64. The third kappa shape index (κ3) is 4.44. The molecule has 0 aromatic heterocycles. The van der Waals surface area contributed by atoms with Gasteiger partial charge in [0, 0.05) is 24.7 Å². The maximum atomic E-state index is 12.2. The summed E-state index contributed by atoms with van der Waals surface area (Å²) in [5, 5.41) is 0. The second-order valence-electron chi connectivity index (χ2n) is 5.18. The Kier molecular flexibility index (Phi) is 6.18. The quantitative estimate of drug-likeness (QED) is 0.858. The van der Waals surface area contributed by atoms with E-state index in [0.717, 1.165) is 6.42 Å². The van der Waals surface area contributed by atoms with Gasteiger partial charge < -0.3 is 15.4 Å². The number of halogens is 1. The Hall–Kier alpha value is -1.59. The van der Waals surface area contributed by atoms with Crippen LogP contribution in [-0.4, -0.2) is 41.8 Å². The fourth-order valence-electron chi connectivity index (χ4n) is 2.29. The lowest BCUT2D eigenvalue weighted by atomic mass is 10.1. The normalized spacial score (nSPS) is 18.8. The van der Waals surface area contributed by atoms with E-state index in [0.29, 0.717) is 24.4 Å². The van der Waals surface area contributed by atoms with E-state index >= 15 is 0 Å². The Labute approximate surface area is 130 Å². The van der Waals surface area contributed by atoms with Crippen molar-refractivity contribution in [1.29, 1.82) is 0 Å². The zero-order valence-electron chi connectivity index (χ0n) is 12.2. The van der Waals surface area contributed by atoms with Gasteiger partial charge in [-0.3, -0.25) is 9.59 Å². The first-order chi connectivity index (χ1) is 9.47. The average molecular weight is 313 g/mol. The maximum Gasteiger partial charge on any atom is 0.263 e. The molecule has 116 valence electrons. The second-order valence-corrected chi connectivity index (χ2v) is 5.18. The standard InChI is InChI=1S/C15H20N2O3.ClH/c1-10(18)12-4-3-5-14(8-12)20-11(2)15(19)17-7-6-13(16)9-17;/h3-5,8,11,13H,6-7,9,16H2,1-2H3;1H/t11?,13-;/m1./s1. The number of nitrogens with zero attached hydrogens (tertiary/aromatic N) is 1. The number of Topliss-reactive ketones (excluding diaryl/α,β-unsaturated/α-hetero) is 1. The number of nitrogens with two attached hydrogens (primary N) is 1. The molecule has 1 aromatic carbocycles. The smallest absolute Gasteiger partial charge is 0.263 e. The van der Waals surface area contributed by atoms with Crippen molar-refractivity contribution < 1.29 is 14.3 Å². The number of amides is 1. The maximum absolute atomic E-state index is 12.2. The molecule has 21 heavy (non-hydrogen) atoms. The average Bonchev–Trinajstić information content (AvgIpc) is 2.84. The van der Waals surface area contributed by atoms with Crippen molar-refractivity contribution in [3.05, 3.63) is 29.8 Å². The summed E-state index contributed by atoms with van der Waals surface area (Å²) >= 11 is 0. The highest BCUT2D eigenvalue weighted by Crippen LogP contribution is 2.17. The highest BCUT2D eigenvalue weighted by molar-refractivity contribution is 5.94. The molecule has 0 aliphatic carbocycles. The molecule has 0 radical (unpaired) electrons. The van der Waals surface area contributed by atoms with Crippen LogP contribution < -0.4 is 10.5 Å². The van der Waals surface area contributed by atoms with E-state index in [1.54, 1.807) is 36.1 Å². The molecule has 1 aromatic rings. The second kappa shape index (κ2) is 7.43. The van der Waals surface area contributed by atoms with Gasteiger partial charge in [-0.2, -0.15) is 0 Å². The molecule has 1 fully saturated rings. The minimum atomic E-state index is -0.581. The van der Waals surface area contributed by atoms with Crippen LogP contribution in [0.2, 0.25) is 0 Å². The molecule has 6 heteroatoms. The first-order valence-electron chi connectivity index (χ1n) is 6.79. The molecular formula is C15H21ClN2O3. The van der Waals surface area contributed by atoms with Gasteiger partial charge in [-0.15, -0.1) is 12.4 Å². The van der Waals surface area contributed by atoms with Crippen LogP contribution in [-0.2, 0) is 4.79 Å². The summed E-state index contributed by atoms with van der Waals surface area (Å²) in [5.74, 6) is 0.438. The highest BCUT2D eigenvalue weighted by Gasteiger charge is 2.28. The zero-order valence-corrected chi connectivity index (χ0v) is 13.1. The molecule has 1 aliphatic rings. The number of ether oxygens (including phenoxy) is 1. The van der Waals surface area contributed by atoms with Crippen LogP contribution in [0.25, 0.3) is 0 Å². The Morgan fingerprint density at radius 2 is 2.14 bits per heavy atom. The molecule has 0 saturated carbocycles. The van der Waals surface area contributed by atoms with Gasteiger partial charge in [0.05, 0.1) is 0 Å². The van der Waals surface area contributed by atoms with Gasteiger partial charge in [0.1, 0.15) is 5.75 Å². The first-order valence-corrected chi connectivity index (χ1v) is 6.79. The van der Waals surface area contributed by atoms with Crippen molar-refractivity contribution in [2.75, 3.05) is 13.1 Å². The Balaban J connectivity index is 0.00000220. The van der Waals surface area contributed by atoms with Crippen LogP contribution in [0.15, 0.2) is 24.3 Å². The van der Waals surface area contributed by atoms with Gasteiger partial charge >= 0.3 is 0 Å². The largest absolute Gasteiger partial charge is 0.481 e. The molecule has 1 aliphatic heterocycles. The Bertz CT molecular complexity index is 521. The molecular weight excluding hydrogens is 292 g/mol. The topological polar surface area (TPSA) is 72.6 Å². The molecule has 2 N–H and O–H groups in total. The third-order valence-corrected chi connectivity index (χ3v) is 3.44. The molecule has 5 nitrogen and oxygen atoms in total. The summed E-state index contributed by atoms with van der Waals surface area (Å²) in [6.45, 7) is 4.48. The summed E-state index contributed by atoms with van der Waals surface area (Å²) in [7, 11) is 0. The van der Waals surface area contributed by atoms with Gasteiger partial charge in [-0.05, 0) is 32.4 Å². The van der Waals surface area contributed by atoms with Crippen molar-refractivity contribution in [3.63, 3.8) is 0 Å². The van der Waals surface area contributed by atoms with Crippen molar-refractivity contribution in [2.24, 2.45) is 5.73 Å². The SMILES string of the molecule is CC(=O)c1cccc(OC(C)C(=O)N2CC[C@@H](N)C2)c1.Cl. The number of hydrogen-bond donors (Lipinski definition) is 1. The summed E-state index contributed by atoms with van der Waals surface area (Å²) in [6, 6.07) is 6.93. The van der Waals surface area contributed by atoms with Crippen LogP contribution in [0.5, 0.6) is 5.75 Å². The van der Waals surface area contributed by atoms with Gasteiger partial charge in [-0.25, -0.2) is 0 Å². The molecule has 2 rings (SSSR count). The Morgan fingerprint density at radius 3 is 2.71 bits per heavy atom. The van der Waals surface area contributed by atoms with Crippen molar-refractivity contribution in [2.45, 2.75) is 32.4 Å². The van der Waals surface area contributed by atoms with Crippen molar-refractivity contribution >= 4 is 24.1 Å². The van der Waals surface area contributed by atoms with Crippen LogP contribution >= 0.6 is 12.4 Å². The number of hydrogen-bond acceptors (Lipinski definition) is 4. The molecule has 1 unspecified atom stereocenters. The third-order valence-electron chi connectivity index (χ3n) is 3.44. The molecule has 1 saturated heterocycles. The summed E-state index contributed by atoms with van der Waals surface area (Å²) in [6.07, 6.45) is 0.251. The van der Waals surface area contributed by atoms with E-state index < -0.39 is 6.10 Å². The number of carbonyl (C=O) groups excluding carboxylic acids is 2. The lowest BCUT2D eigenvalue weighted by molar-refractivity contribution is -0.136. The number of rotatable bonds is 4. The number of carbonyl (C=O) groups is 2. The number of likely N-dealkylation sites (tertiary alicyclic amines) is 1. The molecule has 0 spiro atoms. The molecule has 0 bridgehead atoms. The molecule has 1 amide bonds. The fraction of sp³-hybridized carbons (Fsp3) is 0.467. The van der Waals surface area contributed by atoms with Crippen LogP contribution in [0.1, 0.15) is 30.6 Å². The zero-order chi connectivity index (χ0) is 14.7. The molecule has 1 heterocycles. The first kappa shape index (κ1) is 17.5. The van der Waals surface area contributed by atoms with E-state index in [-0.39, 0.29) is 30.1 Å².